The molecule has 0 aliphatic heterocycles. The van der Waals surface area contributed by atoms with E-state index in [1.807, 2.05) is 0 Å². The van der Waals surface area contributed by atoms with Crippen molar-refractivity contribution >= 4 is 29.0 Å². The summed E-state index contributed by atoms with van der Waals surface area (Å²) in [5.74, 6) is -1.56. The van der Waals surface area contributed by atoms with Gasteiger partial charge in [0.05, 0.1) is 11.9 Å². The second kappa shape index (κ2) is 9.40. The third-order valence-corrected chi connectivity index (χ3v) is 5.16. The number of carbonyl (C=O) groups excluding carboxylic acids is 3. The molecule has 9 nitrogen and oxygen atoms in total. The maximum Gasteiger partial charge on any atom is 0.419 e. The summed E-state index contributed by atoms with van der Waals surface area (Å²) in [6.07, 6.45) is 4.03. The number of carbonyl (C=O) groups is 3. The maximum atomic E-state index is 11.9. The van der Waals surface area contributed by atoms with Gasteiger partial charge in [-0.3, -0.25) is 19.5 Å². The van der Waals surface area contributed by atoms with Gasteiger partial charge in [0.15, 0.2) is 12.2 Å². The zero-order valence-corrected chi connectivity index (χ0v) is 16.3. The first kappa shape index (κ1) is 20.6. The fourth-order valence-corrected chi connectivity index (χ4v) is 3.54. The minimum Gasteiger partial charge on any atom is -0.456 e. The summed E-state index contributed by atoms with van der Waals surface area (Å²) in [5, 5.41) is 4.96. The Morgan fingerprint density at radius 2 is 1.97 bits per heavy atom. The predicted octanol–water partition coefficient (Wildman–Crippen LogP) is 1.93. The van der Waals surface area contributed by atoms with Gasteiger partial charge in [-0.2, -0.15) is 0 Å². The van der Waals surface area contributed by atoms with Gasteiger partial charge in [-0.05, 0) is 30.9 Å². The van der Waals surface area contributed by atoms with E-state index in [0.717, 1.165) is 25.7 Å². The van der Waals surface area contributed by atoms with E-state index in [0.29, 0.717) is 17.0 Å². The molecule has 0 saturated heterocycles. The van der Waals surface area contributed by atoms with E-state index in [2.05, 4.69) is 17.6 Å². The zero-order valence-electron chi connectivity index (χ0n) is 16.3. The lowest BCUT2D eigenvalue weighted by Crippen LogP contribution is -2.48. The van der Waals surface area contributed by atoms with Crippen LogP contribution in [-0.2, 0) is 20.9 Å². The highest BCUT2D eigenvalue weighted by atomic mass is 16.5. The van der Waals surface area contributed by atoms with Gasteiger partial charge in [-0.15, -0.1) is 0 Å². The van der Waals surface area contributed by atoms with Crippen molar-refractivity contribution in [2.75, 3.05) is 6.61 Å². The van der Waals surface area contributed by atoms with Crippen molar-refractivity contribution < 1.29 is 23.5 Å². The number of nitrogens with one attached hydrogen (secondary N) is 2. The Morgan fingerprint density at radius 1 is 1.21 bits per heavy atom. The number of aromatic nitrogens is 1. The Hall–Kier alpha value is -3.10. The van der Waals surface area contributed by atoms with Crippen LogP contribution in [0, 0.1) is 5.92 Å². The van der Waals surface area contributed by atoms with Crippen LogP contribution in [0.2, 0.25) is 0 Å². The quantitative estimate of drug-likeness (QED) is 0.711. The van der Waals surface area contributed by atoms with Gasteiger partial charge in [0, 0.05) is 12.6 Å². The Balaban J connectivity index is 1.40. The molecule has 0 unspecified atom stereocenters. The maximum absolute atomic E-state index is 11.9. The van der Waals surface area contributed by atoms with Crippen molar-refractivity contribution in [3.8, 4) is 0 Å². The molecular formula is C20H25N3O6. The summed E-state index contributed by atoms with van der Waals surface area (Å²) in [6.45, 7) is 1.58. The highest BCUT2D eigenvalue weighted by Crippen LogP contribution is 2.23. The smallest absolute Gasteiger partial charge is 0.419 e. The average molecular weight is 403 g/mol. The third kappa shape index (κ3) is 5.46. The van der Waals surface area contributed by atoms with Crippen molar-refractivity contribution in [1.82, 2.24) is 15.2 Å². The largest absolute Gasteiger partial charge is 0.456 e. The van der Waals surface area contributed by atoms with Crippen LogP contribution in [0.3, 0.4) is 0 Å². The molecule has 2 atom stereocenters. The number of rotatable bonds is 6. The molecule has 0 bridgehead atoms. The van der Waals surface area contributed by atoms with Crippen LogP contribution in [0.15, 0.2) is 33.5 Å². The number of hydrogen-bond donors (Lipinski definition) is 2. The normalized spacial score (nSPS) is 18.9. The minimum absolute atomic E-state index is 0.0437. The first-order valence-electron chi connectivity index (χ1n) is 9.78. The summed E-state index contributed by atoms with van der Waals surface area (Å²) in [5.41, 5.74) is 1.01. The van der Waals surface area contributed by atoms with Crippen LogP contribution in [0.4, 0.5) is 4.79 Å². The Bertz CT molecular complexity index is 947. The predicted molar refractivity (Wildman–Crippen MR) is 104 cm³/mol. The molecular weight excluding hydrogens is 378 g/mol. The van der Waals surface area contributed by atoms with Crippen molar-refractivity contribution in [2.24, 2.45) is 5.92 Å². The van der Waals surface area contributed by atoms with Crippen molar-refractivity contribution in [1.29, 1.82) is 0 Å². The molecule has 156 valence electrons. The minimum atomic E-state index is -0.703. The molecule has 1 aliphatic carbocycles. The van der Waals surface area contributed by atoms with Crippen molar-refractivity contribution in [2.45, 2.75) is 51.6 Å². The molecule has 1 heterocycles. The fraction of sp³-hybridized carbons (Fsp3) is 0.500. The SMILES string of the molecule is C[C@H]1CCCC[C@H]1NC(=O)NC(=O)COC(=O)CCn1c(=O)oc2ccccc21. The zero-order chi connectivity index (χ0) is 20.8. The first-order valence-corrected chi connectivity index (χ1v) is 9.78. The highest BCUT2D eigenvalue weighted by Gasteiger charge is 2.23. The first-order chi connectivity index (χ1) is 13.9. The molecule has 29 heavy (non-hydrogen) atoms. The van der Waals surface area contributed by atoms with Gasteiger partial charge in [-0.1, -0.05) is 31.9 Å². The van der Waals surface area contributed by atoms with E-state index in [1.54, 1.807) is 24.3 Å². The van der Waals surface area contributed by atoms with Crippen LogP contribution < -0.4 is 16.4 Å². The van der Waals surface area contributed by atoms with Crippen LogP contribution in [0.25, 0.3) is 11.1 Å². The summed E-state index contributed by atoms with van der Waals surface area (Å²) in [6, 6.07) is 6.34. The average Bonchev–Trinajstić information content (AvgIpc) is 3.01. The number of hydrogen-bond acceptors (Lipinski definition) is 6. The monoisotopic (exact) mass is 403 g/mol. The summed E-state index contributed by atoms with van der Waals surface area (Å²) >= 11 is 0. The second-order valence-corrected chi connectivity index (χ2v) is 7.29. The van der Waals surface area contributed by atoms with Gasteiger partial charge in [-0.25, -0.2) is 9.59 Å². The number of amides is 3. The topological polar surface area (TPSA) is 120 Å². The highest BCUT2D eigenvalue weighted by molar-refractivity contribution is 5.95. The number of aryl methyl sites for hydroxylation is 1. The molecule has 1 aliphatic rings. The molecule has 9 heteroatoms. The van der Waals surface area contributed by atoms with E-state index in [9.17, 15) is 19.2 Å². The van der Waals surface area contributed by atoms with Gasteiger partial charge >= 0.3 is 17.8 Å². The van der Waals surface area contributed by atoms with E-state index >= 15 is 0 Å². The van der Waals surface area contributed by atoms with Crippen LogP contribution in [-0.4, -0.2) is 35.1 Å². The summed E-state index contributed by atoms with van der Waals surface area (Å²) in [7, 11) is 0. The van der Waals surface area contributed by atoms with Crippen molar-refractivity contribution in [3.63, 3.8) is 0 Å². The standard InChI is InChI=1S/C20H25N3O6/c1-13-6-2-3-7-14(13)21-19(26)22-17(24)12-28-18(25)10-11-23-15-8-4-5-9-16(15)29-20(23)27/h4-5,8-9,13-14H,2-3,6-7,10-12H2,1H3,(H2,21,22,24,26)/t13-,14+/m0/s1. The van der Waals surface area contributed by atoms with E-state index in [4.69, 9.17) is 9.15 Å². The third-order valence-electron chi connectivity index (χ3n) is 5.16. The van der Waals surface area contributed by atoms with E-state index < -0.39 is 30.3 Å². The number of fused-ring (bicyclic) bond motifs is 1. The molecule has 1 fully saturated rings. The van der Waals surface area contributed by atoms with Gasteiger partial charge in [0.2, 0.25) is 0 Å². The van der Waals surface area contributed by atoms with E-state index in [1.165, 1.54) is 4.57 Å². The number of para-hydroxylation sites is 2. The van der Waals surface area contributed by atoms with Gasteiger partial charge < -0.3 is 14.5 Å². The molecule has 1 aromatic heterocycles. The number of nitrogens with zero attached hydrogens (tertiary/aromatic N) is 1. The number of imide groups is 1. The molecule has 0 radical (unpaired) electrons. The summed E-state index contributed by atoms with van der Waals surface area (Å²) in [4.78, 5) is 47.5. The van der Waals surface area contributed by atoms with Crippen molar-refractivity contribution in [3.05, 3.63) is 34.8 Å². The molecule has 3 amide bonds. The number of urea groups is 1. The van der Waals surface area contributed by atoms with E-state index in [-0.39, 0.29) is 19.0 Å². The van der Waals surface area contributed by atoms with Crippen LogP contribution in [0.5, 0.6) is 0 Å². The van der Waals surface area contributed by atoms with Crippen LogP contribution >= 0.6 is 0 Å². The lowest BCUT2D eigenvalue weighted by atomic mass is 9.86. The van der Waals surface area contributed by atoms with Gasteiger partial charge in [0.1, 0.15) is 0 Å². The summed E-state index contributed by atoms with van der Waals surface area (Å²) < 4.78 is 11.3. The molecule has 1 aromatic carbocycles. The molecule has 0 spiro atoms. The van der Waals surface area contributed by atoms with Crippen LogP contribution in [0.1, 0.15) is 39.0 Å². The molecule has 1 saturated carbocycles. The lowest BCUT2D eigenvalue weighted by molar-refractivity contribution is -0.148. The fourth-order valence-electron chi connectivity index (χ4n) is 3.54. The number of esters is 1. The Labute approximate surface area is 167 Å². The Kier molecular flexibility index (Phi) is 6.69. The van der Waals surface area contributed by atoms with Gasteiger partial charge in [0.25, 0.3) is 5.91 Å². The second-order valence-electron chi connectivity index (χ2n) is 7.29. The number of ether oxygens (including phenoxy) is 1. The molecule has 3 rings (SSSR count). The molecule has 2 aromatic rings. The lowest BCUT2D eigenvalue weighted by Gasteiger charge is -2.29. The number of oxazole rings is 1. The Morgan fingerprint density at radius 3 is 2.76 bits per heavy atom. The number of benzene rings is 1. The molecule has 2 N–H and O–H groups in total.